The summed E-state index contributed by atoms with van der Waals surface area (Å²) in [6.45, 7) is 21.3. The molecule has 2 aromatic carbocycles. The second kappa shape index (κ2) is 10.4. The molecule has 0 heterocycles. The van der Waals surface area contributed by atoms with E-state index in [1.165, 1.54) is 5.01 Å². The maximum absolute atomic E-state index is 13.6. The van der Waals surface area contributed by atoms with Crippen molar-refractivity contribution in [1.29, 1.82) is 0 Å². The number of carbonyl (C=O) groups is 2. The average Bonchev–Trinajstić information content (AvgIpc) is 2.73. The first-order valence-electron chi connectivity index (χ1n) is 12.0. The Morgan fingerprint density at radius 3 is 2.00 bits per heavy atom. The molecule has 0 aliphatic heterocycles. The Morgan fingerprint density at radius 2 is 1.50 bits per heavy atom. The maximum Gasteiger partial charge on any atom is 0.272 e. The number of nitrogens with zero attached hydrogens (tertiary/aromatic N) is 1. The number of aryl methyl sites for hydroxylation is 2. The van der Waals surface area contributed by atoms with E-state index in [0.717, 1.165) is 23.1 Å². The zero-order valence-corrected chi connectivity index (χ0v) is 23.6. The summed E-state index contributed by atoms with van der Waals surface area (Å²) in [6.07, 6.45) is 0.906. The molecule has 186 valence electrons. The van der Waals surface area contributed by atoms with Crippen molar-refractivity contribution >= 4 is 20.1 Å². The van der Waals surface area contributed by atoms with Gasteiger partial charge in [0.25, 0.3) is 11.8 Å². The standard InChI is InChI=1S/C28H42N2O3Si/c1-11-21-12-14-23(15-13-21)25(31)29-30(27(3,4)5)26(32)24-17-20(2)16-22(18-24)19-33-34(9,10)28(6,7)8/h12-18H,11,19H2,1-10H3,(H,29,31). The SMILES string of the molecule is CCc1ccc(C(=O)NN(C(=O)c2cc(C)cc(CO[Si](C)(C)C(C)(C)C)c2)C(C)(C)C)cc1. The Kier molecular flexibility index (Phi) is 8.54. The summed E-state index contributed by atoms with van der Waals surface area (Å²) in [5, 5.41) is 1.54. The Labute approximate surface area is 207 Å². The summed E-state index contributed by atoms with van der Waals surface area (Å²) in [5.41, 5.74) is 6.39. The number of rotatable bonds is 6. The Bertz CT molecular complexity index is 1020. The highest BCUT2D eigenvalue weighted by atomic mass is 28.4. The molecule has 2 amide bonds. The van der Waals surface area contributed by atoms with Crippen molar-refractivity contribution in [3.05, 3.63) is 70.3 Å². The molecule has 0 radical (unpaired) electrons. The van der Waals surface area contributed by atoms with Crippen molar-refractivity contribution in [3.8, 4) is 0 Å². The molecular weight excluding hydrogens is 440 g/mol. The monoisotopic (exact) mass is 482 g/mol. The predicted octanol–water partition coefficient (Wildman–Crippen LogP) is 6.66. The van der Waals surface area contributed by atoms with Crippen LogP contribution in [0.2, 0.25) is 18.1 Å². The quantitative estimate of drug-likeness (QED) is 0.370. The van der Waals surface area contributed by atoms with E-state index >= 15 is 0 Å². The topological polar surface area (TPSA) is 58.6 Å². The van der Waals surface area contributed by atoms with Gasteiger partial charge in [0, 0.05) is 11.1 Å². The molecule has 2 aromatic rings. The third-order valence-corrected chi connectivity index (χ3v) is 11.0. The van der Waals surface area contributed by atoms with Crippen molar-refractivity contribution < 1.29 is 14.0 Å². The number of nitrogens with one attached hydrogen (secondary N) is 1. The summed E-state index contributed by atoms with van der Waals surface area (Å²) in [6, 6.07) is 13.3. The second-order valence-electron chi connectivity index (χ2n) is 11.6. The van der Waals surface area contributed by atoms with Gasteiger partial charge >= 0.3 is 0 Å². The van der Waals surface area contributed by atoms with Gasteiger partial charge in [0.2, 0.25) is 0 Å². The lowest BCUT2D eigenvalue weighted by Gasteiger charge is -2.36. The van der Waals surface area contributed by atoms with Crippen molar-refractivity contribution in [2.24, 2.45) is 0 Å². The first-order valence-corrected chi connectivity index (χ1v) is 14.9. The minimum Gasteiger partial charge on any atom is -0.413 e. The van der Waals surface area contributed by atoms with Crippen molar-refractivity contribution in [2.45, 2.75) is 92.1 Å². The van der Waals surface area contributed by atoms with Crippen molar-refractivity contribution in [3.63, 3.8) is 0 Å². The molecule has 0 unspecified atom stereocenters. The highest BCUT2D eigenvalue weighted by Crippen LogP contribution is 2.37. The van der Waals surface area contributed by atoms with Gasteiger partial charge < -0.3 is 4.43 Å². The van der Waals surface area contributed by atoms with Gasteiger partial charge in [0.1, 0.15) is 0 Å². The number of hydrogen-bond donors (Lipinski definition) is 1. The first kappa shape index (κ1) is 27.8. The van der Waals surface area contributed by atoms with E-state index in [4.69, 9.17) is 4.43 Å². The molecular formula is C28H42N2O3Si. The zero-order chi connectivity index (χ0) is 25.9. The fourth-order valence-electron chi connectivity index (χ4n) is 3.26. The minimum atomic E-state index is -1.92. The third kappa shape index (κ3) is 7.03. The molecule has 0 aliphatic rings. The van der Waals surface area contributed by atoms with Crippen LogP contribution >= 0.6 is 0 Å². The van der Waals surface area contributed by atoms with Crippen LogP contribution in [-0.2, 0) is 17.5 Å². The highest BCUT2D eigenvalue weighted by Gasteiger charge is 2.37. The number of carbonyl (C=O) groups excluding carboxylic acids is 2. The van der Waals surface area contributed by atoms with E-state index < -0.39 is 13.9 Å². The second-order valence-corrected chi connectivity index (χ2v) is 16.4. The van der Waals surface area contributed by atoms with E-state index in [1.54, 1.807) is 12.1 Å². The van der Waals surface area contributed by atoms with Gasteiger partial charge in [-0.25, -0.2) is 5.01 Å². The predicted molar refractivity (Wildman–Crippen MR) is 142 cm³/mol. The lowest BCUT2D eigenvalue weighted by molar-refractivity contribution is 0.0358. The van der Waals surface area contributed by atoms with Crippen LogP contribution in [0.5, 0.6) is 0 Å². The number of hydrogen-bond acceptors (Lipinski definition) is 3. The molecule has 0 spiro atoms. The van der Waals surface area contributed by atoms with Crippen LogP contribution in [-0.4, -0.2) is 30.7 Å². The largest absolute Gasteiger partial charge is 0.413 e. The van der Waals surface area contributed by atoms with E-state index in [9.17, 15) is 9.59 Å². The summed E-state index contributed by atoms with van der Waals surface area (Å²) < 4.78 is 6.38. The van der Waals surface area contributed by atoms with E-state index in [1.807, 2.05) is 52.0 Å². The highest BCUT2D eigenvalue weighted by molar-refractivity contribution is 6.74. The summed E-state index contributed by atoms with van der Waals surface area (Å²) in [5.74, 6) is -0.552. The molecule has 34 heavy (non-hydrogen) atoms. The normalized spacial score (nSPS) is 12.4. The molecule has 5 nitrogen and oxygen atoms in total. The maximum atomic E-state index is 13.6. The summed E-state index contributed by atoms with van der Waals surface area (Å²) >= 11 is 0. The molecule has 6 heteroatoms. The van der Waals surface area contributed by atoms with Gasteiger partial charge in [0.15, 0.2) is 8.32 Å². The van der Waals surface area contributed by atoms with E-state index in [-0.39, 0.29) is 16.9 Å². The lowest BCUT2D eigenvalue weighted by atomic mass is 10.0. The van der Waals surface area contributed by atoms with Gasteiger partial charge in [-0.3, -0.25) is 15.0 Å². The smallest absolute Gasteiger partial charge is 0.272 e. The van der Waals surface area contributed by atoms with Gasteiger partial charge in [-0.1, -0.05) is 45.9 Å². The molecule has 0 saturated heterocycles. The summed E-state index contributed by atoms with van der Waals surface area (Å²) in [7, 11) is -1.92. The van der Waals surface area contributed by atoms with Crippen LogP contribution in [0.15, 0.2) is 42.5 Å². The van der Waals surface area contributed by atoms with Crippen molar-refractivity contribution in [2.75, 3.05) is 0 Å². The average molecular weight is 483 g/mol. The number of hydrazine groups is 1. The van der Waals surface area contributed by atoms with Crippen molar-refractivity contribution in [1.82, 2.24) is 10.4 Å². The van der Waals surface area contributed by atoms with Crippen LogP contribution in [0.25, 0.3) is 0 Å². The molecule has 0 fully saturated rings. The van der Waals surface area contributed by atoms with Crippen LogP contribution in [0.1, 0.15) is 85.9 Å². The minimum absolute atomic E-state index is 0.109. The molecule has 0 saturated carbocycles. The lowest BCUT2D eigenvalue weighted by Crippen LogP contribution is -2.55. The number of amides is 2. The van der Waals surface area contributed by atoms with Gasteiger partial charge in [-0.2, -0.15) is 0 Å². The molecule has 2 rings (SSSR count). The fraction of sp³-hybridized carbons (Fsp3) is 0.500. The van der Waals surface area contributed by atoms with Crippen LogP contribution in [0.4, 0.5) is 0 Å². The van der Waals surface area contributed by atoms with Gasteiger partial charge in [-0.15, -0.1) is 0 Å². The molecule has 1 N–H and O–H groups in total. The molecule has 0 bridgehead atoms. The Hall–Kier alpha value is -2.44. The van der Waals surface area contributed by atoms with E-state index in [0.29, 0.717) is 17.7 Å². The Morgan fingerprint density at radius 1 is 0.912 bits per heavy atom. The summed E-state index contributed by atoms with van der Waals surface area (Å²) in [4.78, 5) is 26.6. The first-order chi connectivity index (χ1) is 15.5. The van der Waals surface area contributed by atoms with Gasteiger partial charge in [-0.05, 0) is 93.2 Å². The van der Waals surface area contributed by atoms with E-state index in [2.05, 4.69) is 52.3 Å². The molecule has 0 atom stereocenters. The zero-order valence-electron chi connectivity index (χ0n) is 22.6. The molecule has 0 aromatic heterocycles. The van der Waals surface area contributed by atoms with Crippen LogP contribution in [0.3, 0.4) is 0 Å². The fourth-order valence-corrected chi connectivity index (χ4v) is 4.22. The van der Waals surface area contributed by atoms with Gasteiger partial charge in [0.05, 0.1) is 12.1 Å². The van der Waals surface area contributed by atoms with Crippen LogP contribution in [0, 0.1) is 6.92 Å². The Balaban J connectivity index is 2.29. The number of benzene rings is 2. The van der Waals surface area contributed by atoms with Crippen LogP contribution < -0.4 is 5.43 Å². The third-order valence-electron chi connectivity index (χ3n) is 6.50. The molecule has 0 aliphatic carbocycles.